The Hall–Kier alpha value is -2.38. The van der Waals surface area contributed by atoms with Crippen molar-refractivity contribution < 1.29 is 13.6 Å². The van der Waals surface area contributed by atoms with Gasteiger partial charge in [0.15, 0.2) is 0 Å². The van der Waals surface area contributed by atoms with Gasteiger partial charge in [-0.25, -0.2) is 4.39 Å². The summed E-state index contributed by atoms with van der Waals surface area (Å²) in [5.74, 6) is 0.419. The van der Waals surface area contributed by atoms with Crippen LogP contribution in [0.3, 0.4) is 0 Å². The van der Waals surface area contributed by atoms with Gasteiger partial charge < -0.3 is 9.73 Å². The molecule has 1 aliphatic rings. The summed E-state index contributed by atoms with van der Waals surface area (Å²) >= 11 is 7.34. The van der Waals surface area contributed by atoms with Gasteiger partial charge in [-0.3, -0.25) is 4.79 Å². The first-order valence-corrected chi connectivity index (χ1v) is 11.2. The monoisotopic (exact) mass is 445 g/mol. The molecule has 1 unspecified atom stereocenters. The van der Waals surface area contributed by atoms with Crippen molar-refractivity contribution >= 4 is 29.3 Å². The molecule has 0 saturated heterocycles. The lowest BCUT2D eigenvalue weighted by Crippen LogP contribution is -2.33. The first-order chi connectivity index (χ1) is 14.6. The highest BCUT2D eigenvalue weighted by Crippen LogP contribution is 2.36. The van der Waals surface area contributed by atoms with Crippen molar-refractivity contribution in [2.45, 2.75) is 36.9 Å². The van der Waals surface area contributed by atoms with Gasteiger partial charge in [-0.15, -0.1) is 10.2 Å². The first-order valence-electron chi connectivity index (χ1n) is 9.86. The summed E-state index contributed by atoms with van der Waals surface area (Å²) in [6.07, 6.45) is 4.42. The molecule has 1 heterocycles. The van der Waals surface area contributed by atoms with Gasteiger partial charge in [0.25, 0.3) is 5.22 Å². The highest BCUT2D eigenvalue weighted by atomic mass is 35.5. The molecule has 1 amide bonds. The standard InChI is InChI=1S/C22H21ClFN3O2S/c23-18-8-4-3-7-17(18)21-26-27-22(29-21)30-13-19(28)25-20(14-5-1-2-6-14)15-9-11-16(24)12-10-15/h3-4,7-12,14,20H,1-2,5-6,13H2,(H,25,28). The second-order valence-electron chi connectivity index (χ2n) is 7.28. The molecule has 0 spiro atoms. The molecule has 8 heteroatoms. The minimum Gasteiger partial charge on any atom is -0.411 e. The van der Waals surface area contributed by atoms with E-state index in [1.165, 1.54) is 23.9 Å². The van der Waals surface area contributed by atoms with Crippen LogP contribution in [-0.2, 0) is 4.79 Å². The number of amides is 1. The van der Waals surface area contributed by atoms with Gasteiger partial charge in [0.2, 0.25) is 11.8 Å². The molecule has 1 fully saturated rings. The molecule has 1 aromatic heterocycles. The average molecular weight is 446 g/mol. The number of benzene rings is 2. The summed E-state index contributed by atoms with van der Waals surface area (Å²) in [5.41, 5.74) is 1.58. The summed E-state index contributed by atoms with van der Waals surface area (Å²) < 4.78 is 19.0. The molecular weight excluding hydrogens is 425 g/mol. The molecule has 1 saturated carbocycles. The molecule has 3 aromatic rings. The Bertz CT molecular complexity index is 1010. The number of carbonyl (C=O) groups is 1. The molecule has 0 aliphatic heterocycles. The summed E-state index contributed by atoms with van der Waals surface area (Å²) in [5, 5.41) is 12.0. The summed E-state index contributed by atoms with van der Waals surface area (Å²) in [7, 11) is 0. The number of carbonyl (C=O) groups excluding carboxylic acids is 1. The third-order valence-corrected chi connectivity index (χ3v) is 6.40. The normalized spacial score (nSPS) is 15.3. The molecular formula is C22H21ClFN3O2S. The predicted octanol–water partition coefficient (Wildman–Crippen LogP) is 5.67. The van der Waals surface area contributed by atoms with Gasteiger partial charge in [0.05, 0.1) is 22.4 Å². The van der Waals surface area contributed by atoms with E-state index in [1.807, 2.05) is 12.1 Å². The molecule has 2 aromatic carbocycles. The number of hydrogen-bond acceptors (Lipinski definition) is 5. The summed E-state index contributed by atoms with van der Waals surface area (Å²) in [4.78, 5) is 12.6. The Morgan fingerprint density at radius 3 is 2.63 bits per heavy atom. The van der Waals surface area contributed by atoms with Crippen LogP contribution in [0.15, 0.2) is 58.2 Å². The number of rotatable bonds is 7. The van der Waals surface area contributed by atoms with Crippen molar-refractivity contribution in [1.29, 1.82) is 0 Å². The van der Waals surface area contributed by atoms with Crippen LogP contribution in [0.1, 0.15) is 37.3 Å². The molecule has 30 heavy (non-hydrogen) atoms. The van der Waals surface area contributed by atoms with Crippen LogP contribution in [0.25, 0.3) is 11.5 Å². The third kappa shape index (κ3) is 5.02. The quantitative estimate of drug-likeness (QED) is 0.474. The summed E-state index contributed by atoms with van der Waals surface area (Å²) in [6, 6.07) is 13.5. The molecule has 1 aliphatic carbocycles. The fourth-order valence-corrected chi connectivity index (χ4v) is 4.58. The number of halogens is 2. The van der Waals surface area contributed by atoms with Gasteiger partial charge in [-0.2, -0.15) is 0 Å². The Morgan fingerprint density at radius 1 is 1.17 bits per heavy atom. The zero-order chi connectivity index (χ0) is 20.9. The molecule has 4 rings (SSSR count). The lowest BCUT2D eigenvalue weighted by atomic mass is 9.91. The van der Waals surface area contributed by atoms with E-state index in [9.17, 15) is 9.18 Å². The van der Waals surface area contributed by atoms with Crippen LogP contribution in [0, 0.1) is 11.7 Å². The van der Waals surface area contributed by atoms with E-state index in [2.05, 4.69) is 15.5 Å². The van der Waals surface area contributed by atoms with Crippen LogP contribution in [0.4, 0.5) is 4.39 Å². The van der Waals surface area contributed by atoms with E-state index in [0.717, 1.165) is 31.2 Å². The minimum absolute atomic E-state index is 0.123. The smallest absolute Gasteiger partial charge is 0.277 e. The van der Waals surface area contributed by atoms with Crippen molar-refractivity contribution in [1.82, 2.24) is 15.5 Å². The van der Waals surface area contributed by atoms with E-state index < -0.39 is 0 Å². The second-order valence-corrected chi connectivity index (χ2v) is 8.62. The second kappa shape index (κ2) is 9.62. The van der Waals surface area contributed by atoms with E-state index in [-0.39, 0.29) is 23.5 Å². The Labute approximate surface area is 183 Å². The number of hydrogen-bond donors (Lipinski definition) is 1. The maximum Gasteiger partial charge on any atom is 0.277 e. The molecule has 0 radical (unpaired) electrons. The maximum atomic E-state index is 13.3. The molecule has 0 bridgehead atoms. The molecule has 5 nitrogen and oxygen atoms in total. The van der Waals surface area contributed by atoms with Crippen LogP contribution >= 0.6 is 23.4 Å². The minimum atomic E-state index is -0.281. The Morgan fingerprint density at radius 2 is 1.90 bits per heavy atom. The average Bonchev–Trinajstić information content (AvgIpc) is 3.44. The van der Waals surface area contributed by atoms with E-state index in [1.54, 1.807) is 24.3 Å². The van der Waals surface area contributed by atoms with Crippen LogP contribution in [-0.4, -0.2) is 21.9 Å². The van der Waals surface area contributed by atoms with Crippen LogP contribution < -0.4 is 5.32 Å². The van der Waals surface area contributed by atoms with Crippen molar-refractivity contribution in [3.05, 3.63) is 64.9 Å². The Kier molecular flexibility index (Phi) is 6.69. The Balaban J connectivity index is 1.39. The lowest BCUT2D eigenvalue weighted by molar-refractivity contribution is -0.119. The largest absolute Gasteiger partial charge is 0.411 e. The zero-order valence-corrected chi connectivity index (χ0v) is 17.8. The van der Waals surface area contributed by atoms with Crippen molar-refractivity contribution in [3.8, 4) is 11.5 Å². The number of thioether (sulfide) groups is 1. The number of nitrogens with one attached hydrogen (secondary N) is 1. The SMILES string of the molecule is O=C(CSc1nnc(-c2ccccc2Cl)o1)NC(c1ccc(F)cc1)C1CCCC1. The van der Waals surface area contributed by atoms with Gasteiger partial charge >= 0.3 is 0 Å². The fraction of sp³-hybridized carbons (Fsp3) is 0.318. The highest BCUT2D eigenvalue weighted by molar-refractivity contribution is 7.99. The third-order valence-electron chi connectivity index (χ3n) is 5.25. The van der Waals surface area contributed by atoms with Crippen molar-refractivity contribution in [2.24, 2.45) is 5.92 Å². The number of aromatic nitrogens is 2. The molecule has 156 valence electrons. The lowest BCUT2D eigenvalue weighted by Gasteiger charge is -2.25. The topological polar surface area (TPSA) is 68.0 Å². The fourth-order valence-electron chi connectivity index (χ4n) is 3.79. The number of nitrogens with zero attached hydrogens (tertiary/aromatic N) is 2. The van der Waals surface area contributed by atoms with Crippen molar-refractivity contribution in [3.63, 3.8) is 0 Å². The maximum absolute atomic E-state index is 13.3. The van der Waals surface area contributed by atoms with Gasteiger partial charge in [-0.05, 0) is 48.6 Å². The van der Waals surface area contributed by atoms with Gasteiger partial charge in [-0.1, -0.05) is 60.5 Å². The van der Waals surface area contributed by atoms with Gasteiger partial charge in [0, 0.05) is 0 Å². The summed E-state index contributed by atoms with van der Waals surface area (Å²) in [6.45, 7) is 0. The molecule has 1 N–H and O–H groups in total. The van der Waals surface area contributed by atoms with Crippen molar-refractivity contribution in [2.75, 3.05) is 5.75 Å². The zero-order valence-electron chi connectivity index (χ0n) is 16.2. The van der Waals surface area contributed by atoms with E-state index in [4.69, 9.17) is 16.0 Å². The predicted molar refractivity (Wildman–Crippen MR) is 115 cm³/mol. The van der Waals surface area contributed by atoms with E-state index >= 15 is 0 Å². The van der Waals surface area contributed by atoms with Gasteiger partial charge in [0.1, 0.15) is 5.82 Å². The van der Waals surface area contributed by atoms with E-state index in [0.29, 0.717) is 27.6 Å². The van der Waals surface area contributed by atoms with Crippen LogP contribution in [0.2, 0.25) is 5.02 Å². The molecule has 1 atom stereocenters. The highest BCUT2D eigenvalue weighted by Gasteiger charge is 2.28. The van der Waals surface area contributed by atoms with Crippen LogP contribution in [0.5, 0.6) is 0 Å². The first kappa shape index (κ1) is 20.9.